The van der Waals surface area contributed by atoms with E-state index in [9.17, 15) is 9.59 Å². The molecule has 0 aliphatic carbocycles. The average molecular weight is 550 g/mol. The first-order chi connectivity index (χ1) is 16.5. The predicted octanol–water partition coefficient (Wildman–Crippen LogP) is 4.81. The quantitative estimate of drug-likeness (QED) is 0.536. The fraction of sp³-hybridized carbons (Fsp3) is 0.560. The van der Waals surface area contributed by atoms with Crippen molar-refractivity contribution in [3.8, 4) is 11.3 Å². The van der Waals surface area contributed by atoms with Crippen molar-refractivity contribution in [2.45, 2.75) is 52.3 Å². The minimum Gasteiger partial charge on any atom is -0.453 e. The third kappa shape index (κ3) is 7.44. The van der Waals surface area contributed by atoms with Crippen molar-refractivity contribution in [2.24, 2.45) is 5.92 Å². The van der Waals surface area contributed by atoms with Crippen LogP contribution >= 0.6 is 15.9 Å². The van der Waals surface area contributed by atoms with Crippen LogP contribution in [0.3, 0.4) is 0 Å². The second kappa shape index (κ2) is 11.4. The Balaban J connectivity index is 1.86. The zero-order valence-corrected chi connectivity index (χ0v) is 22.9. The number of benzene rings is 1. The molecule has 35 heavy (non-hydrogen) atoms. The molecule has 2 atom stereocenters. The Morgan fingerprint density at radius 2 is 1.91 bits per heavy atom. The summed E-state index contributed by atoms with van der Waals surface area (Å²) in [5.74, 6) is 0.949. The Hall–Kier alpha value is -2.59. The van der Waals surface area contributed by atoms with Crippen LogP contribution in [0.2, 0.25) is 0 Å². The number of nitrogens with one attached hydrogen (secondary N) is 2. The monoisotopic (exact) mass is 549 g/mol. The highest BCUT2D eigenvalue weighted by Gasteiger charge is 2.36. The molecule has 2 N–H and O–H groups in total. The molecular weight excluding hydrogens is 514 g/mol. The van der Waals surface area contributed by atoms with Crippen molar-refractivity contribution in [3.05, 3.63) is 40.8 Å². The topological polar surface area (TPSA) is 99.8 Å². The molecule has 1 fully saturated rings. The summed E-state index contributed by atoms with van der Waals surface area (Å²) in [7, 11) is 1.36. The Bertz CT molecular complexity index is 1000. The van der Waals surface area contributed by atoms with Crippen LogP contribution in [-0.4, -0.2) is 76.9 Å². The van der Waals surface area contributed by atoms with Crippen LogP contribution in [0, 0.1) is 5.92 Å². The number of hydrogen-bond donors (Lipinski definition) is 2. The molecule has 1 aliphatic heterocycles. The number of rotatable bonds is 6. The average Bonchev–Trinajstić information content (AvgIpc) is 3.28. The smallest absolute Gasteiger partial charge is 0.410 e. The molecule has 0 saturated carbocycles. The highest BCUT2D eigenvalue weighted by molar-refractivity contribution is 9.10. The lowest BCUT2D eigenvalue weighted by Gasteiger charge is -2.42. The number of aromatic amines is 1. The first kappa shape index (κ1) is 27.0. The van der Waals surface area contributed by atoms with Crippen LogP contribution < -0.4 is 5.32 Å². The number of piperazine rings is 1. The molecule has 1 aliphatic rings. The fourth-order valence-electron chi connectivity index (χ4n) is 3.96. The standard InChI is InChI=1S/C25H36BrN5O4/c1-16(2)20(29-23(32)34-6)14-30-11-12-31(24(33)35-25(3,4)5)15-21(30)22-27-13-19(28-22)17-7-9-18(26)10-8-17/h7-10,13,16,20-21H,11-12,14-15H2,1-6H3,(H,27,28)(H,29,32). The number of ether oxygens (including phenoxy) is 2. The summed E-state index contributed by atoms with van der Waals surface area (Å²) in [6.07, 6.45) is 1.02. The summed E-state index contributed by atoms with van der Waals surface area (Å²) in [5.41, 5.74) is 1.34. The third-order valence-electron chi connectivity index (χ3n) is 5.93. The van der Waals surface area contributed by atoms with Crippen molar-refractivity contribution in [3.63, 3.8) is 0 Å². The maximum atomic E-state index is 12.8. The van der Waals surface area contributed by atoms with Gasteiger partial charge in [0.15, 0.2) is 0 Å². The molecule has 192 valence electrons. The summed E-state index contributed by atoms with van der Waals surface area (Å²) in [4.78, 5) is 36.9. The highest BCUT2D eigenvalue weighted by atomic mass is 79.9. The molecule has 1 saturated heterocycles. The number of nitrogens with zero attached hydrogens (tertiary/aromatic N) is 3. The van der Waals surface area contributed by atoms with Gasteiger partial charge in [0.1, 0.15) is 11.4 Å². The normalized spacial score (nSPS) is 17.8. The summed E-state index contributed by atoms with van der Waals surface area (Å²) < 4.78 is 11.5. The van der Waals surface area contributed by atoms with Gasteiger partial charge in [-0.05, 0) is 44.4 Å². The van der Waals surface area contributed by atoms with Crippen LogP contribution in [0.25, 0.3) is 11.3 Å². The molecule has 0 radical (unpaired) electrons. The van der Waals surface area contributed by atoms with Gasteiger partial charge in [0, 0.05) is 36.7 Å². The Morgan fingerprint density at radius 1 is 1.23 bits per heavy atom. The van der Waals surface area contributed by atoms with Gasteiger partial charge in [-0.25, -0.2) is 14.6 Å². The molecule has 3 rings (SSSR count). The molecule has 2 amide bonds. The second-order valence-corrected chi connectivity index (χ2v) is 11.0. The van der Waals surface area contributed by atoms with E-state index in [1.807, 2.05) is 51.2 Å². The van der Waals surface area contributed by atoms with E-state index in [2.05, 4.69) is 50.0 Å². The number of carbonyl (C=O) groups is 2. The molecule has 10 heteroatoms. The first-order valence-corrected chi connectivity index (χ1v) is 12.6. The summed E-state index contributed by atoms with van der Waals surface area (Å²) in [6.45, 7) is 11.9. The van der Waals surface area contributed by atoms with Crippen molar-refractivity contribution >= 4 is 28.1 Å². The Morgan fingerprint density at radius 3 is 2.51 bits per heavy atom. The van der Waals surface area contributed by atoms with Crippen molar-refractivity contribution in [2.75, 3.05) is 33.3 Å². The van der Waals surface area contributed by atoms with E-state index in [-0.39, 0.29) is 24.1 Å². The number of alkyl carbamates (subject to hydrolysis) is 1. The van der Waals surface area contributed by atoms with Crippen LogP contribution in [0.4, 0.5) is 9.59 Å². The number of H-pyrrole nitrogens is 1. The van der Waals surface area contributed by atoms with Crippen molar-refractivity contribution in [1.29, 1.82) is 0 Å². The molecule has 2 unspecified atom stereocenters. The van der Waals surface area contributed by atoms with Gasteiger partial charge in [-0.2, -0.15) is 0 Å². The maximum Gasteiger partial charge on any atom is 0.410 e. The van der Waals surface area contributed by atoms with E-state index in [1.54, 1.807) is 4.90 Å². The van der Waals surface area contributed by atoms with Crippen LogP contribution in [0.1, 0.15) is 46.5 Å². The van der Waals surface area contributed by atoms with Gasteiger partial charge in [-0.3, -0.25) is 4.90 Å². The lowest BCUT2D eigenvalue weighted by molar-refractivity contribution is 0.000224. The molecule has 0 spiro atoms. The summed E-state index contributed by atoms with van der Waals surface area (Å²) in [6, 6.07) is 7.68. The number of hydrogen-bond acceptors (Lipinski definition) is 6. The molecule has 1 aromatic heterocycles. The van der Waals surface area contributed by atoms with Crippen LogP contribution in [-0.2, 0) is 9.47 Å². The molecule has 1 aromatic carbocycles. The van der Waals surface area contributed by atoms with E-state index >= 15 is 0 Å². The van der Waals surface area contributed by atoms with Crippen molar-refractivity contribution in [1.82, 2.24) is 25.1 Å². The van der Waals surface area contributed by atoms with Gasteiger partial charge in [0.2, 0.25) is 0 Å². The third-order valence-corrected chi connectivity index (χ3v) is 6.46. The fourth-order valence-corrected chi connectivity index (χ4v) is 4.22. The molecule has 0 bridgehead atoms. The largest absolute Gasteiger partial charge is 0.453 e. The lowest BCUT2D eigenvalue weighted by Crippen LogP contribution is -2.55. The highest BCUT2D eigenvalue weighted by Crippen LogP contribution is 2.28. The number of imidazole rings is 1. The van der Waals surface area contributed by atoms with E-state index < -0.39 is 11.7 Å². The minimum atomic E-state index is -0.573. The number of amides is 2. The minimum absolute atomic E-state index is 0.126. The summed E-state index contributed by atoms with van der Waals surface area (Å²) in [5, 5.41) is 2.94. The summed E-state index contributed by atoms with van der Waals surface area (Å²) >= 11 is 3.47. The molecule has 2 aromatic rings. The van der Waals surface area contributed by atoms with E-state index in [0.717, 1.165) is 21.6 Å². The zero-order valence-electron chi connectivity index (χ0n) is 21.3. The van der Waals surface area contributed by atoms with Gasteiger partial charge in [-0.15, -0.1) is 0 Å². The van der Waals surface area contributed by atoms with Gasteiger partial charge < -0.3 is 24.7 Å². The number of halogens is 1. The zero-order chi connectivity index (χ0) is 25.8. The molecular formula is C25H36BrN5O4. The molecule has 9 nitrogen and oxygen atoms in total. The number of methoxy groups -OCH3 is 1. The Labute approximate surface area is 215 Å². The maximum absolute atomic E-state index is 12.8. The second-order valence-electron chi connectivity index (χ2n) is 10.1. The van der Waals surface area contributed by atoms with Crippen molar-refractivity contribution < 1.29 is 19.1 Å². The predicted molar refractivity (Wildman–Crippen MR) is 138 cm³/mol. The number of aromatic nitrogens is 2. The van der Waals surface area contributed by atoms with Crippen LogP contribution in [0.15, 0.2) is 34.9 Å². The van der Waals surface area contributed by atoms with Gasteiger partial charge in [0.05, 0.1) is 25.0 Å². The number of carbonyl (C=O) groups excluding carboxylic acids is 2. The van der Waals surface area contributed by atoms with Crippen LogP contribution in [0.5, 0.6) is 0 Å². The SMILES string of the molecule is COC(=O)NC(CN1CCN(C(=O)OC(C)(C)C)CC1c1ncc(-c2ccc(Br)cc2)[nH]1)C(C)C. The van der Waals surface area contributed by atoms with E-state index in [1.165, 1.54) is 7.11 Å². The van der Waals surface area contributed by atoms with Gasteiger partial charge >= 0.3 is 12.2 Å². The van der Waals surface area contributed by atoms with Gasteiger partial charge in [-0.1, -0.05) is 41.9 Å². The van der Waals surface area contributed by atoms with E-state index in [4.69, 9.17) is 9.47 Å². The lowest BCUT2D eigenvalue weighted by atomic mass is 10.0. The molecule has 2 heterocycles. The van der Waals surface area contributed by atoms with E-state index in [0.29, 0.717) is 26.2 Å². The first-order valence-electron chi connectivity index (χ1n) is 11.8. The Kier molecular flexibility index (Phi) is 8.82. The van der Waals surface area contributed by atoms with Gasteiger partial charge in [0.25, 0.3) is 0 Å².